The molecule has 0 N–H and O–H groups in total. The highest BCUT2D eigenvalue weighted by molar-refractivity contribution is 6.00. The van der Waals surface area contributed by atoms with Gasteiger partial charge in [-0.25, -0.2) is 0 Å². The number of rotatable bonds is 3. The van der Waals surface area contributed by atoms with Crippen LogP contribution in [0.3, 0.4) is 0 Å². The number of carbonyl (C=O) groups excluding carboxylic acids is 4. The standard InChI is InChI=1S/C24H31N3O6/c1-16(23(31)26-12-10-25(11-13-26)17(2)28)27-9-8-24(7-6-22(27)30)15-20(29)19-5-4-18(32-3)14-21(19)33-24/h4-5,14,16H,6-13,15H2,1-3H3/t16-,24+/m1/s1. The largest absolute Gasteiger partial charge is 0.497 e. The number of ether oxygens (including phenoxy) is 2. The van der Waals surface area contributed by atoms with Gasteiger partial charge in [-0.05, 0) is 25.5 Å². The quantitative estimate of drug-likeness (QED) is 0.682. The Morgan fingerprint density at radius 2 is 1.76 bits per heavy atom. The number of Topliss-reactive ketones (excluding diaryl/α,β-unsaturated/α-hetero) is 1. The summed E-state index contributed by atoms with van der Waals surface area (Å²) in [6.07, 6.45) is 1.31. The van der Waals surface area contributed by atoms with E-state index in [1.165, 1.54) is 6.92 Å². The van der Waals surface area contributed by atoms with E-state index in [9.17, 15) is 19.2 Å². The van der Waals surface area contributed by atoms with Crippen LogP contribution in [0.15, 0.2) is 18.2 Å². The highest BCUT2D eigenvalue weighted by Crippen LogP contribution is 2.41. The minimum absolute atomic E-state index is 0.00404. The van der Waals surface area contributed by atoms with Crippen LogP contribution in [0.25, 0.3) is 0 Å². The summed E-state index contributed by atoms with van der Waals surface area (Å²) in [4.78, 5) is 55.6. The molecule has 1 aromatic rings. The van der Waals surface area contributed by atoms with Crippen LogP contribution in [0, 0.1) is 0 Å². The van der Waals surface area contributed by atoms with Crippen molar-refractivity contribution < 1.29 is 28.7 Å². The fourth-order valence-corrected chi connectivity index (χ4v) is 4.98. The number of amides is 3. The van der Waals surface area contributed by atoms with Crippen LogP contribution in [0.5, 0.6) is 11.5 Å². The van der Waals surface area contributed by atoms with Gasteiger partial charge in [0.05, 0.1) is 19.1 Å². The van der Waals surface area contributed by atoms with Crippen molar-refractivity contribution in [1.82, 2.24) is 14.7 Å². The topological polar surface area (TPSA) is 96.5 Å². The Morgan fingerprint density at radius 1 is 1.06 bits per heavy atom. The van der Waals surface area contributed by atoms with Crippen LogP contribution >= 0.6 is 0 Å². The van der Waals surface area contributed by atoms with Gasteiger partial charge in [-0.2, -0.15) is 0 Å². The van der Waals surface area contributed by atoms with Crippen LogP contribution in [0.1, 0.15) is 49.9 Å². The average molecular weight is 458 g/mol. The molecular formula is C24H31N3O6. The lowest BCUT2D eigenvalue weighted by Crippen LogP contribution is -2.55. The molecular weight excluding hydrogens is 426 g/mol. The normalized spacial score (nSPS) is 24.2. The second-order valence-corrected chi connectivity index (χ2v) is 9.09. The van der Waals surface area contributed by atoms with Crippen molar-refractivity contribution in [2.24, 2.45) is 0 Å². The molecule has 9 heteroatoms. The molecule has 3 amide bonds. The number of fused-ring (bicyclic) bond motifs is 1. The fourth-order valence-electron chi connectivity index (χ4n) is 4.98. The van der Waals surface area contributed by atoms with Gasteiger partial charge in [-0.1, -0.05) is 0 Å². The van der Waals surface area contributed by atoms with Crippen molar-refractivity contribution in [1.29, 1.82) is 0 Å². The Hall–Kier alpha value is -3.10. The predicted octanol–water partition coefficient (Wildman–Crippen LogP) is 1.49. The molecule has 2 atom stereocenters. The summed E-state index contributed by atoms with van der Waals surface area (Å²) in [7, 11) is 1.56. The maximum atomic E-state index is 13.1. The Labute approximate surface area is 193 Å². The van der Waals surface area contributed by atoms with Gasteiger partial charge in [-0.15, -0.1) is 0 Å². The summed E-state index contributed by atoms with van der Waals surface area (Å²) in [5, 5.41) is 0. The molecule has 0 aromatic heterocycles. The van der Waals surface area contributed by atoms with E-state index in [0.717, 1.165) is 0 Å². The van der Waals surface area contributed by atoms with Gasteiger partial charge in [-0.3, -0.25) is 19.2 Å². The molecule has 4 rings (SSSR count). The molecule has 2 saturated heterocycles. The molecule has 0 bridgehead atoms. The summed E-state index contributed by atoms with van der Waals surface area (Å²) < 4.78 is 11.6. The second kappa shape index (κ2) is 9.03. The molecule has 33 heavy (non-hydrogen) atoms. The second-order valence-electron chi connectivity index (χ2n) is 9.09. The lowest BCUT2D eigenvalue weighted by molar-refractivity contribution is -0.147. The molecule has 0 radical (unpaired) electrons. The molecule has 0 aliphatic carbocycles. The molecule has 9 nitrogen and oxygen atoms in total. The highest BCUT2D eigenvalue weighted by Gasteiger charge is 2.44. The minimum atomic E-state index is -0.767. The van der Waals surface area contributed by atoms with E-state index in [1.807, 2.05) is 0 Å². The summed E-state index contributed by atoms with van der Waals surface area (Å²) in [5.41, 5.74) is -0.237. The number of nitrogens with zero attached hydrogens (tertiary/aromatic N) is 3. The van der Waals surface area contributed by atoms with E-state index in [-0.39, 0.29) is 36.3 Å². The Morgan fingerprint density at radius 3 is 2.42 bits per heavy atom. The SMILES string of the molecule is COc1ccc2c(c1)O[C@]1(CCC(=O)N([C@H](C)C(=O)N3CCN(C(C)=O)CC3)CC1)CC2=O. The summed E-state index contributed by atoms with van der Waals surface area (Å²) in [5.74, 6) is 0.866. The number of ketones is 1. The maximum Gasteiger partial charge on any atom is 0.245 e. The molecule has 178 valence electrons. The van der Waals surface area contributed by atoms with Gasteiger partial charge in [0.25, 0.3) is 0 Å². The van der Waals surface area contributed by atoms with Gasteiger partial charge in [0.1, 0.15) is 23.1 Å². The molecule has 2 fully saturated rings. The maximum absolute atomic E-state index is 13.1. The van der Waals surface area contributed by atoms with E-state index >= 15 is 0 Å². The summed E-state index contributed by atoms with van der Waals surface area (Å²) in [6, 6.07) is 4.55. The lowest BCUT2D eigenvalue weighted by Gasteiger charge is -2.39. The third-order valence-electron chi connectivity index (χ3n) is 7.08. The molecule has 3 aliphatic heterocycles. The zero-order chi connectivity index (χ0) is 23.8. The fraction of sp³-hybridized carbons (Fsp3) is 0.583. The Bertz CT molecular complexity index is 971. The van der Waals surface area contributed by atoms with Gasteiger partial charge in [0, 0.05) is 58.6 Å². The number of benzene rings is 1. The van der Waals surface area contributed by atoms with Gasteiger partial charge in [0.2, 0.25) is 17.7 Å². The first kappa shape index (κ1) is 23.1. The average Bonchev–Trinajstić information content (AvgIpc) is 2.96. The monoisotopic (exact) mass is 457 g/mol. The lowest BCUT2D eigenvalue weighted by atomic mass is 9.84. The van der Waals surface area contributed by atoms with Crippen molar-refractivity contribution in [3.05, 3.63) is 23.8 Å². The summed E-state index contributed by atoms with van der Waals surface area (Å²) >= 11 is 0. The van der Waals surface area contributed by atoms with Crippen molar-refractivity contribution in [3.63, 3.8) is 0 Å². The van der Waals surface area contributed by atoms with E-state index in [4.69, 9.17) is 9.47 Å². The van der Waals surface area contributed by atoms with Crippen LogP contribution < -0.4 is 9.47 Å². The Balaban J connectivity index is 1.45. The third-order valence-corrected chi connectivity index (χ3v) is 7.08. The first-order valence-electron chi connectivity index (χ1n) is 11.5. The highest BCUT2D eigenvalue weighted by atomic mass is 16.5. The van der Waals surface area contributed by atoms with E-state index in [0.29, 0.717) is 62.6 Å². The van der Waals surface area contributed by atoms with Crippen LogP contribution in [0.4, 0.5) is 0 Å². The first-order valence-corrected chi connectivity index (χ1v) is 11.5. The van der Waals surface area contributed by atoms with Crippen LogP contribution in [-0.4, -0.2) is 89.7 Å². The van der Waals surface area contributed by atoms with Crippen molar-refractivity contribution >= 4 is 23.5 Å². The Kier molecular flexibility index (Phi) is 6.32. The van der Waals surface area contributed by atoms with Crippen molar-refractivity contribution in [2.45, 2.75) is 51.2 Å². The molecule has 0 saturated carbocycles. The number of piperazine rings is 1. The first-order chi connectivity index (χ1) is 15.7. The van der Waals surface area contributed by atoms with E-state index in [2.05, 4.69) is 0 Å². The van der Waals surface area contributed by atoms with Crippen molar-refractivity contribution in [2.75, 3.05) is 39.8 Å². The number of carbonyl (C=O) groups is 4. The third kappa shape index (κ3) is 4.54. The van der Waals surface area contributed by atoms with Gasteiger partial charge < -0.3 is 24.2 Å². The zero-order valence-corrected chi connectivity index (χ0v) is 19.5. The minimum Gasteiger partial charge on any atom is -0.497 e. The zero-order valence-electron chi connectivity index (χ0n) is 19.5. The van der Waals surface area contributed by atoms with Crippen LogP contribution in [0.2, 0.25) is 0 Å². The number of likely N-dealkylation sites (tertiary alicyclic amines) is 1. The van der Waals surface area contributed by atoms with E-state index in [1.54, 1.807) is 46.9 Å². The molecule has 1 spiro atoms. The molecule has 1 aromatic carbocycles. The van der Waals surface area contributed by atoms with Crippen molar-refractivity contribution in [3.8, 4) is 11.5 Å². The smallest absolute Gasteiger partial charge is 0.245 e. The number of methoxy groups -OCH3 is 1. The molecule has 0 unspecified atom stereocenters. The molecule has 3 aliphatic rings. The predicted molar refractivity (Wildman–Crippen MR) is 119 cm³/mol. The number of hydrogen-bond acceptors (Lipinski definition) is 6. The van der Waals surface area contributed by atoms with Gasteiger partial charge >= 0.3 is 0 Å². The number of hydrogen-bond donors (Lipinski definition) is 0. The van der Waals surface area contributed by atoms with Gasteiger partial charge in [0.15, 0.2) is 5.78 Å². The van der Waals surface area contributed by atoms with E-state index < -0.39 is 11.6 Å². The summed E-state index contributed by atoms with van der Waals surface area (Å²) in [6.45, 7) is 5.55. The van der Waals surface area contributed by atoms with Crippen LogP contribution in [-0.2, 0) is 14.4 Å². The molecule has 3 heterocycles.